The van der Waals surface area contributed by atoms with E-state index >= 15 is 0 Å². The molecule has 2 heteroatoms. The number of hydrogen-bond acceptors (Lipinski definition) is 2. The van der Waals surface area contributed by atoms with E-state index in [1.807, 2.05) is 6.20 Å². The summed E-state index contributed by atoms with van der Waals surface area (Å²) in [4.78, 5) is 4.52. The lowest BCUT2D eigenvalue weighted by molar-refractivity contribution is 0.273. The van der Waals surface area contributed by atoms with E-state index in [1.54, 1.807) is 0 Å². The molecule has 1 heterocycles. The molecule has 1 saturated carbocycles. The average molecular weight is 282 g/mol. The van der Waals surface area contributed by atoms with Crippen LogP contribution >= 0.6 is 0 Å². The SMILES string of the molecule is CCCNC(c1cccc2ncccc12)C1CCCCC1. The number of rotatable bonds is 5. The van der Waals surface area contributed by atoms with E-state index in [0.717, 1.165) is 18.0 Å². The molecule has 1 aromatic carbocycles. The standard InChI is InChI=1S/C19H26N2/c1-2-13-21-19(15-8-4-3-5-9-15)17-10-6-12-18-16(17)11-7-14-20-18/h6-7,10-12,14-15,19,21H,2-5,8-9,13H2,1H3. The summed E-state index contributed by atoms with van der Waals surface area (Å²) in [6.45, 7) is 3.34. The first-order valence-electron chi connectivity index (χ1n) is 8.47. The Morgan fingerprint density at radius 3 is 2.81 bits per heavy atom. The molecule has 0 saturated heterocycles. The van der Waals surface area contributed by atoms with Gasteiger partial charge < -0.3 is 5.32 Å². The van der Waals surface area contributed by atoms with Gasteiger partial charge in [-0.3, -0.25) is 4.98 Å². The fourth-order valence-electron chi connectivity index (χ4n) is 3.70. The third-order valence-electron chi connectivity index (χ3n) is 4.75. The van der Waals surface area contributed by atoms with Crippen molar-refractivity contribution < 1.29 is 0 Å². The molecule has 1 aromatic heterocycles. The van der Waals surface area contributed by atoms with Crippen LogP contribution in [0, 0.1) is 5.92 Å². The number of nitrogens with one attached hydrogen (secondary N) is 1. The Kier molecular flexibility index (Phi) is 4.87. The fourth-order valence-corrected chi connectivity index (χ4v) is 3.70. The summed E-state index contributed by atoms with van der Waals surface area (Å²) in [5.74, 6) is 0.774. The first-order valence-corrected chi connectivity index (χ1v) is 8.47. The van der Waals surface area contributed by atoms with Crippen LogP contribution in [0.3, 0.4) is 0 Å². The molecule has 0 spiro atoms. The second kappa shape index (κ2) is 7.04. The van der Waals surface area contributed by atoms with Gasteiger partial charge >= 0.3 is 0 Å². The third kappa shape index (κ3) is 3.26. The highest BCUT2D eigenvalue weighted by Gasteiger charge is 2.25. The minimum Gasteiger partial charge on any atom is -0.310 e. The minimum atomic E-state index is 0.484. The van der Waals surface area contributed by atoms with Gasteiger partial charge in [-0.1, -0.05) is 44.4 Å². The van der Waals surface area contributed by atoms with Crippen LogP contribution in [0.5, 0.6) is 0 Å². The van der Waals surface area contributed by atoms with Crippen molar-refractivity contribution in [2.24, 2.45) is 5.92 Å². The van der Waals surface area contributed by atoms with Crippen molar-refractivity contribution in [1.82, 2.24) is 10.3 Å². The molecule has 1 aliphatic rings. The lowest BCUT2D eigenvalue weighted by atomic mass is 9.80. The summed E-state index contributed by atoms with van der Waals surface area (Å²) in [6, 6.07) is 11.3. The van der Waals surface area contributed by atoms with Crippen molar-refractivity contribution in [1.29, 1.82) is 0 Å². The molecule has 2 aromatic rings. The summed E-state index contributed by atoms with van der Waals surface area (Å²) in [5, 5.41) is 5.14. The fraction of sp³-hybridized carbons (Fsp3) is 0.526. The first-order chi connectivity index (χ1) is 10.4. The average Bonchev–Trinajstić information content (AvgIpc) is 2.56. The largest absolute Gasteiger partial charge is 0.310 e. The molecular formula is C19H26N2. The molecule has 1 unspecified atom stereocenters. The predicted octanol–water partition coefficient (Wildman–Crippen LogP) is 4.86. The lowest BCUT2D eigenvalue weighted by Crippen LogP contribution is -2.30. The highest BCUT2D eigenvalue weighted by molar-refractivity contribution is 5.82. The molecule has 0 aliphatic heterocycles. The van der Waals surface area contributed by atoms with E-state index in [0.29, 0.717) is 6.04 Å². The van der Waals surface area contributed by atoms with Gasteiger partial charge in [-0.15, -0.1) is 0 Å². The van der Waals surface area contributed by atoms with Crippen LogP contribution in [-0.2, 0) is 0 Å². The smallest absolute Gasteiger partial charge is 0.0705 e. The zero-order valence-corrected chi connectivity index (χ0v) is 13.0. The van der Waals surface area contributed by atoms with Gasteiger partial charge in [0.1, 0.15) is 0 Å². The van der Waals surface area contributed by atoms with Gasteiger partial charge in [0.05, 0.1) is 5.52 Å². The Labute approximate surface area is 128 Å². The molecule has 3 rings (SSSR count). The Morgan fingerprint density at radius 2 is 2.00 bits per heavy atom. The maximum Gasteiger partial charge on any atom is 0.0705 e. The zero-order chi connectivity index (χ0) is 14.5. The molecule has 0 radical (unpaired) electrons. The molecule has 1 atom stereocenters. The first kappa shape index (κ1) is 14.5. The maximum atomic E-state index is 4.52. The van der Waals surface area contributed by atoms with Crippen molar-refractivity contribution in [2.45, 2.75) is 51.5 Å². The summed E-state index contributed by atoms with van der Waals surface area (Å²) in [5.41, 5.74) is 2.56. The van der Waals surface area contributed by atoms with Crippen LogP contribution in [0.2, 0.25) is 0 Å². The molecule has 1 aliphatic carbocycles. The number of aromatic nitrogens is 1. The Hall–Kier alpha value is -1.41. The lowest BCUT2D eigenvalue weighted by Gasteiger charge is -2.32. The predicted molar refractivity (Wildman–Crippen MR) is 89.4 cm³/mol. The van der Waals surface area contributed by atoms with Gasteiger partial charge in [0.2, 0.25) is 0 Å². The van der Waals surface area contributed by atoms with Crippen molar-refractivity contribution in [3.8, 4) is 0 Å². The monoisotopic (exact) mass is 282 g/mol. The quantitative estimate of drug-likeness (QED) is 0.847. The van der Waals surface area contributed by atoms with Crippen molar-refractivity contribution in [3.05, 3.63) is 42.1 Å². The van der Waals surface area contributed by atoms with Crippen LogP contribution < -0.4 is 5.32 Å². The second-order valence-corrected chi connectivity index (χ2v) is 6.25. The van der Waals surface area contributed by atoms with Crippen LogP contribution in [0.25, 0.3) is 10.9 Å². The number of fused-ring (bicyclic) bond motifs is 1. The normalized spacial score (nSPS) is 18.0. The minimum absolute atomic E-state index is 0.484. The highest BCUT2D eigenvalue weighted by atomic mass is 14.9. The third-order valence-corrected chi connectivity index (χ3v) is 4.75. The summed E-state index contributed by atoms with van der Waals surface area (Å²) in [6.07, 6.45) is 9.98. The van der Waals surface area contributed by atoms with E-state index in [1.165, 1.54) is 49.5 Å². The van der Waals surface area contributed by atoms with Crippen LogP contribution in [-0.4, -0.2) is 11.5 Å². The highest BCUT2D eigenvalue weighted by Crippen LogP contribution is 2.36. The maximum absolute atomic E-state index is 4.52. The Bertz CT molecular complexity index is 567. The molecule has 2 nitrogen and oxygen atoms in total. The van der Waals surface area contributed by atoms with E-state index in [9.17, 15) is 0 Å². The summed E-state index contributed by atoms with van der Waals surface area (Å²) < 4.78 is 0. The number of nitrogens with zero attached hydrogens (tertiary/aromatic N) is 1. The molecule has 0 amide bonds. The zero-order valence-electron chi connectivity index (χ0n) is 13.0. The topological polar surface area (TPSA) is 24.9 Å². The van der Waals surface area contributed by atoms with Crippen LogP contribution in [0.1, 0.15) is 57.1 Å². The summed E-state index contributed by atoms with van der Waals surface area (Å²) >= 11 is 0. The van der Waals surface area contributed by atoms with Crippen molar-refractivity contribution in [2.75, 3.05) is 6.54 Å². The second-order valence-electron chi connectivity index (χ2n) is 6.25. The molecule has 21 heavy (non-hydrogen) atoms. The van der Waals surface area contributed by atoms with Gasteiger partial charge in [-0.2, -0.15) is 0 Å². The molecule has 1 fully saturated rings. The molecule has 0 bridgehead atoms. The van der Waals surface area contributed by atoms with Crippen molar-refractivity contribution >= 4 is 10.9 Å². The number of hydrogen-bond donors (Lipinski definition) is 1. The van der Waals surface area contributed by atoms with Gasteiger partial charge in [0, 0.05) is 17.6 Å². The number of pyridine rings is 1. The van der Waals surface area contributed by atoms with E-state index < -0.39 is 0 Å². The molecule has 112 valence electrons. The molecular weight excluding hydrogens is 256 g/mol. The van der Waals surface area contributed by atoms with Crippen LogP contribution in [0.4, 0.5) is 0 Å². The van der Waals surface area contributed by atoms with Gasteiger partial charge in [0.15, 0.2) is 0 Å². The van der Waals surface area contributed by atoms with E-state index in [4.69, 9.17) is 0 Å². The molecule has 1 N–H and O–H groups in total. The van der Waals surface area contributed by atoms with Crippen molar-refractivity contribution in [3.63, 3.8) is 0 Å². The summed E-state index contributed by atoms with van der Waals surface area (Å²) in [7, 11) is 0. The Balaban J connectivity index is 1.96. The number of benzene rings is 1. The van der Waals surface area contributed by atoms with Crippen LogP contribution in [0.15, 0.2) is 36.5 Å². The van der Waals surface area contributed by atoms with E-state index in [2.05, 4.69) is 47.6 Å². The Morgan fingerprint density at radius 1 is 1.14 bits per heavy atom. The van der Waals surface area contributed by atoms with Gasteiger partial charge in [-0.05, 0) is 49.4 Å². The van der Waals surface area contributed by atoms with Gasteiger partial charge in [-0.25, -0.2) is 0 Å². The van der Waals surface area contributed by atoms with Gasteiger partial charge in [0.25, 0.3) is 0 Å². The van der Waals surface area contributed by atoms with E-state index in [-0.39, 0.29) is 0 Å².